The molecule has 7 heteroatoms. The van der Waals surface area contributed by atoms with Crippen LogP contribution in [0.25, 0.3) is 0 Å². The highest BCUT2D eigenvalue weighted by molar-refractivity contribution is 6.07. The van der Waals surface area contributed by atoms with Crippen LogP contribution in [0.15, 0.2) is 36.4 Å². The van der Waals surface area contributed by atoms with E-state index in [2.05, 4.69) is 10.2 Å². The molecular formula is C21H24N2O5. The van der Waals surface area contributed by atoms with Gasteiger partial charge >= 0.3 is 5.97 Å². The molecule has 0 radical (unpaired) electrons. The van der Waals surface area contributed by atoms with Crippen LogP contribution in [0.4, 0.5) is 11.4 Å². The predicted octanol–water partition coefficient (Wildman–Crippen LogP) is 2.88. The van der Waals surface area contributed by atoms with Gasteiger partial charge in [-0.3, -0.25) is 4.79 Å². The molecule has 1 saturated heterocycles. The number of nitrogens with zero attached hydrogens (tertiary/aromatic N) is 1. The maximum atomic E-state index is 12.7. The first kappa shape index (κ1) is 19.7. The molecule has 1 heterocycles. The fourth-order valence-corrected chi connectivity index (χ4v) is 3.27. The molecular weight excluding hydrogens is 360 g/mol. The molecule has 0 bridgehead atoms. The van der Waals surface area contributed by atoms with Gasteiger partial charge in [0.2, 0.25) is 0 Å². The van der Waals surface area contributed by atoms with Crippen LogP contribution in [0.5, 0.6) is 5.75 Å². The molecule has 3 rings (SSSR count). The summed E-state index contributed by atoms with van der Waals surface area (Å²) >= 11 is 0. The van der Waals surface area contributed by atoms with Crippen molar-refractivity contribution in [2.45, 2.75) is 6.92 Å². The SMILES string of the molecule is COC(=O)c1cc(NC(=O)c2cccc(C)c2OC)ccc1N1CCOCC1. The molecule has 0 aliphatic carbocycles. The first-order valence-electron chi connectivity index (χ1n) is 9.05. The van der Waals surface area contributed by atoms with Gasteiger partial charge < -0.3 is 24.4 Å². The number of anilines is 2. The van der Waals surface area contributed by atoms with E-state index >= 15 is 0 Å². The van der Waals surface area contributed by atoms with E-state index in [9.17, 15) is 9.59 Å². The largest absolute Gasteiger partial charge is 0.496 e. The zero-order chi connectivity index (χ0) is 20.1. The Labute approximate surface area is 164 Å². The van der Waals surface area contributed by atoms with Crippen LogP contribution in [0.2, 0.25) is 0 Å². The first-order chi connectivity index (χ1) is 13.5. The highest BCUT2D eigenvalue weighted by atomic mass is 16.5. The number of carbonyl (C=O) groups is 2. The summed E-state index contributed by atoms with van der Waals surface area (Å²) in [7, 11) is 2.87. The number of ether oxygens (including phenoxy) is 3. The number of morpholine rings is 1. The van der Waals surface area contributed by atoms with Gasteiger partial charge in [-0.15, -0.1) is 0 Å². The van der Waals surface area contributed by atoms with Crippen LogP contribution in [0.3, 0.4) is 0 Å². The second-order valence-corrected chi connectivity index (χ2v) is 6.43. The summed E-state index contributed by atoms with van der Waals surface area (Å²) in [5.74, 6) is -0.237. The van der Waals surface area contributed by atoms with Gasteiger partial charge in [0.05, 0.1) is 44.2 Å². The Kier molecular flexibility index (Phi) is 6.16. The number of para-hydroxylation sites is 1. The molecule has 0 atom stereocenters. The Hall–Kier alpha value is -3.06. The Balaban J connectivity index is 1.89. The minimum atomic E-state index is -0.453. The third kappa shape index (κ3) is 4.09. The second-order valence-electron chi connectivity index (χ2n) is 6.43. The van der Waals surface area contributed by atoms with Gasteiger partial charge in [-0.25, -0.2) is 4.79 Å². The minimum Gasteiger partial charge on any atom is -0.496 e. The lowest BCUT2D eigenvalue weighted by Crippen LogP contribution is -2.37. The third-order valence-electron chi connectivity index (χ3n) is 4.67. The van der Waals surface area contributed by atoms with Gasteiger partial charge in [-0.05, 0) is 36.8 Å². The van der Waals surface area contributed by atoms with E-state index in [1.807, 2.05) is 19.1 Å². The lowest BCUT2D eigenvalue weighted by atomic mass is 10.1. The van der Waals surface area contributed by atoms with E-state index in [-0.39, 0.29) is 5.91 Å². The van der Waals surface area contributed by atoms with Gasteiger partial charge in [0, 0.05) is 18.8 Å². The summed E-state index contributed by atoms with van der Waals surface area (Å²) in [6.45, 7) is 4.47. The molecule has 28 heavy (non-hydrogen) atoms. The van der Waals surface area contributed by atoms with Crippen molar-refractivity contribution in [3.8, 4) is 5.75 Å². The van der Waals surface area contributed by atoms with E-state index in [0.29, 0.717) is 48.9 Å². The topological polar surface area (TPSA) is 77.1 Å². The highest BCUT2D eigenvalue weighted by Crippen LogP contribution is 2.28. The Morgan fingerprint density at radius 3 is 2.50 bits per heavy atom. The Morgan fingerprint density at radius 2 is 1.82 bits per heavy atom. The molecule has 1 amide bonds. The van der Waals surface area contributed by atoms with Crippen molar-refractivity contribution >= 4 is 23.3 Å². The molecule has 1 fully saturated rings. The van der Waals surface area contributed by atoms with Crippen molar-refractivity contribution < 1.29 is 23.8 Å². The maximum Gasteiger partial charge on any atom is 0.340 e. The average molecular weight is 384 g/mol. The number of hydrogen-bond acceptors (Lipinski definition) is 6. The summed E-state index contributed by atoms with van der Waals surface area (Å²) < 4.78 is 15.7. The predicted molar refractivity (Wildman–Crippen MR) is 106 cm³/mol. The second kappa shape index (κ2) is 8.75. The molecule has 2 aromatic rings. The molecule has 7 nitrogen and oxygen atoms in total. The summed E-state index contributed by atoms with van der Waals surface area (Å²) in [5.41, 5.74) is 2.97. The van der Waals surface area contributed by atoms with E-state index in [1.165, 1.54) is 14.2 Å². The van der Waals surface area contributed by atoms with Gasteiger partial charge in [-0.1, -0.05) is 12.1 Å². The van der Waals surface area contributed by atoms with Crippen molar-refractivity contribution in [1.29, 1.82) is 0 Å². The number of aryl methyl sites for hydroxylation is 1. The fourth-order valence-electron chi connectivity index (χ4n) is 3.27. The molecule has 0 aromatic heterocycles. The molecule has 1 N–H and O–H groups in total. The van der Waals surface area contributed by atoms with Crippen LogP contribution < -0.4 is 15.0 Å². The zero-order valence-electron chi connectivity index (χ0n) is 16.3. The molecule has 0 spiro atoms. The van der Waals surface area contributed by atoms with Crippen LogP contribution in [-0.4, -0.2) is 52.4 Å². The molecule has 2 aromatic carbocycles. The van der Waals surface area contributed by atoms with E-state index in [0.717, 1.165) is 11.3 Å². The average Bonchev–Trinajstić information content (AvgIpc) is 2.73. The monoisotopic (exact) mass is 384 g/mol. The number of amides is 1. The van der Waals surface area contributed by atoms with Crippen LogP contribution in [0.1, 0.15) is 26.3 Å². The van der Waals surface area contributed by atoms with Crippen LogP contribution in [-0.2, 0) is 9.47 Å². The van der Waals surface area contributed by atoms with Crippen molar-refractivity contribution in [2.24, 2.45) is 0 Å². The molecule has 0 saturated carbocycles. The van der Waals surface area contributed by atoms with Gasteiger partial charge in [-0.2, -0.15) is 0 Å². The summed E-state index contributed by atoms with van der Waals surface area (Å²) in [6.07, 6.45) is 0. The number of hydrogen-bond donors (Lipinski definition) is 1. The molecule has 0 unspecified atom stereocenters. The molecule has 1 aliphatic heterocycles. The minimum absolute atomic E-state index is 0.310. The van der Waals surface area contributed by atoms with E-state index in [1.54, 1.807) is 24.3 Å². The standard InChI is InChI=1S/C21H24N2O5/c1-14-5-4-6-16(19(14)26-2)20(24)22-15-7-8-18(17(13-15)21(25)27-3)23-9-11-28-12-10-23/h4-8,13H,9-12H2,1-3H3,(H,22,24). The number of carbonyl (C=O) groups excluding carboxylic acids is 2. The summed E-state index contributed by atoms with van der Waals surface area (Å²) in [4.78, 5) is 27.1. The van der Waals surface area contributed by atoms with Crippen LogP contribution >= 0.6 is 0 Å². The fraction of sp³-hybridized carbons (Fsp3) is 0.333. The van der Waals surface area contributed by atoms with Crippen LogP contribution in [0, 0.1) is 6.92 Å². The summed E-state index contributed by atoms with van der Waals surface area (Å²) in [5, 5.41) is 2.84. The number of rotatable bonds is 5. The van der Waals surface area contributed by atoms with Crippen molar-refractivity contribution in [3.63, 3.8) is 0 Å². The zero-order valence-corrected chi connectivity index (χ0v) is 16.3. The third-order valence-corrected chi connectivity index (χ3v) is 4.67. The summed E-state index contributed by atoms with van der Waals surface area (Å²) in [6, 6.07) is 10.6. The number of esters is 1. The van der Waals surface area contributed by atoms with Gasteiger partial charge in [0.25, 0.3) is 5.91 Å². The maximum absolute atomic E-state index is 12.7. The molecule has 1 aliphatic rings. The lowest BCUT2D eigenvalue weighted by molar-refractivity contribution is 0.0600. The van der Waals surface area contributed by atoms with E-state index in [4.69, 9.17) is 14.2 Å². The highest BCUT2D eigenvalue weighted by Gasteiger charge is 2.21. The van der Waals surface area contributed by atoms with Crippen molar-refractivity contribution in [3.05, 3.63) is 53.1 Å². The van der Waals surface area contributed by atoms with Gasteiger partial charge in [0.15, 0.2) is 0 Å². The van der Waals surface area contributed by atoms with E-state index < -0.39 is 5.97 Å². The number of nitrogens with one attached hydrogen (secondary N) is 1. The Morgan fingerprint density at radius 1 is 1.07 bits per heavy atom. The smallest absolute Gasteiger partial charge is 0.340 e. The number of benzene rings is 2. The van der Waals surface area contributed by atoms with Gasteiger partial charge in [0.1, 0.15) is 5.75 Å². The quantitative estimate of drug-likeness (QED) is 0.799. The normalized spacial score (nSPS) is 13.8. The number of methoxy groups -OCH3 is 2. The first-order valence-corrected chi connectivity index (χ1v) is 9.05. The molecule has 148 valence electrons. The van der Waals surface area contributed by atoms with Crippen molar-refractivity contribution in [1.82, 2.24) is 0 Å². The van der Waals surface area contributed by atoms with Crippen molar-refractivity contribution in [2.75, 3.05) is 50.7 Å². The lowest BCUT2D eigenvalue weighted by Gasteiger charge is -2.30. The Bertz CT molecular complexity index is 875.